The second-order valence-corrected chi connectivity index (χ2v) is 6.74. The van der Waals surface area contributed by atoms with Crippen molar-refractivity contribution in [3.05, 3.63) is 52.4 Å². The fourth-order valence-corrected chi connectivity index (χ4v) is 3.74. The Morgan fingerprint density at radius 2 is 2.12 bits per heavy atom. The number of esters is 1. The van der Waals surface area contributed by atoms with Crippen LogP contribution in [0.1, 0.15) is 33.6 Å². The van der Waals surface area contributed by atoms with Crippen molar-refractivity contribution < 1.29 is 19.1 Å². The lowest BCUT2D eigenvalue weighted by Gasteiger charge is -2.10. The summed E-state index contributed by atoms with van der Waals surface area (Å²) >= 11 is 1.40. The topological polar surface area (TPSA) is 64.6 Å². The number of thiophene rings is 1. The van der Waals surface area contributed by atoms with Crippen molar-refractivity contribution in [3.63, 3.8) is 0 Å². The molecule has 1 atom stereocenters. The van der Waals surface area contributed by atoms with Gasteiger partial charge in [0.05, 0.1) is 12.7 Å². The van der Waals surface area contributed by atoms with Gasteiger partial charge in [-0.2, -0.15) is 0 Å². The fourth-order valence-electron chi connectivity index (χ4n) is 2.66. The number of methoxy groups -OCH3 is 1. The summed E-state index contributed by atoms with van der Waals surface area (Å²) in [6, 6.07) is 11.8. The van der Waals surface area contributed by atoms with Gasteiger partial charge in [-0.15, -0.1) is 11.3 Å². The molecule has 24 heavy (non-hydrogen) atoms. The maximum atomic E-state index is 12.3. The number of carbonyl (C=O) groups excluding carboxylic acids is 2. The van der Waals surface area contributed by atoms with E-state index in [1.165, 1.54) is 18.4 Å². The molecule has 0 radical (unpaired) electrons. The van der Waals surface area contributed by atoms with E-state index < -0.39 is 12.1 Å². The molecule has 2 aromatic rings. The zero-order valence-electron chi connectivity index (χ0n) is 13.4. The van der Waals surface area contributed by atoms with Gasteiger partial charge in [-0.05, 0) is 24.5 Å². The lowest BCUT2D eigenvalue weighted by molar-refractivity contribution is -0.124. The molecule has 3 rings (SSSR count). The summed E-state index contributed by atoms with van der Waals surface area (Å²) in [5.41, 5.74) is 1.53. The molecular weight excluding hydrogens is 326 g/mol. The maximum absolute atomic E-state index is 12.3. The largest absolute Gasteiger partial charge is 0.465 e. The maximum Gasteiger partial charge on any atom is 0.340 e. The molecule has 1 amide bonds. The van der Waals surface area contributed by atoms with Crippen molar-refractivity contribution in [3.8, 4) is 0 Å². The monoisotopic (exact) mass is 345 g/mol. The SMILES string of the molecule is COC(=O)c1cc(Cc2ccccc2)sc1NC(=O)[C@H]1CCCO1. The van der Waals surface area contributed by atoms with Crippen molar-refractivity contribution in [2.75, 3.05) is 19.0 Å². The number of hydrogen-bond acceptors (Lipinski definition) is 5. The van der Waals surface area contributed by atoms with E-state index in [4.69, 9.17) is 9.47 Å². The Labute approximate surface area is 144 Å². The van der Waals surface area contributed by atoms with Gasteiger partial charge in [-0.1, -0.05) is 30.3 Å². The molecule has 0 unspecified atom stereocenters. The van der Waals surface area contributed by atoms with Crippen molar-refractivity contribution in [1.29, 1.82) is 0 Å². The summed E-state index contributed by atoms with van der Waals surface area (Å²) in [6.07, 6.45) is 1.86. The van der Waals surface area contributed by atoms with Gasteiger partial charge in [0.15, 0.2) is 0 Å². The first-order chi connectivity index (χ1) is 11.7. The van der Waals surface area contributed by atoms with Gasteiger partial charge in [-0.25, -0.2) is 4.79 Å². The highest BCUT2D eigenvalue weighted by atomic mass is 32.1. The van der Waals surface area contributed by atoms with Crippen LogP contribution < -0.4 is 5.32 Å². The molecule has 1 saturated heterocycles. The highest BCUT2D eigenvalue weighted by Crippen LogP contribution is 2.31. The minimum absolute atomic E-state index is 0.203. The average molecular weight is 345 g/mol. The second kappa shape index (κ2) is 7.59. The summed E-state index contributed by atoms with van der Waals surface area (Å²) in [6.45, 7) is 0.603. The van der Waals surface area contributed by atoms with Crippen LogP contribution >= 0.6 is 11.3 Å². The lowest BCUT2D eigenvalue weighted by Crippen LogP contribution is -2.27. The van der Waals surface area contributed by atoms with Crippen molar-refractivity contribution in [2.24, 2.45) is 0 Å². The van der Waals surface area contributed by atoms with Crippen LogP contribution in [0.25, 0.3) is 0 Å². The fraction of sp³-hybridized carbons (Fsp3) is 0.333. The predicted octanol–water partition coefficient (Wildman–Crippen LogP) is 3.24. The first-order valence-electron chi connectivity index (χ1n) is 7.85. The Bertz CT molecular complexity index is 720. The predicted molar refractivity (Wildman–Crippen MR) is 92.5 cm³/mol. The van der Waals surface area contributed by atoms with Gasteiger partial charge in [0.1, 0.15) is 11.1 Å². The molecule has 1 N–H and O–H groups in total. The van der Waals surface area contributed by atoms with Gasteiger partial charge in [0.25, 0.3) is 5.91 Å². The molecule has 0 bridgehead atoms. The van der Waals surface area contributed by atoms with Gasteiger partial charge < -0.3 is 14.8 Å². The molecule has 126 valence electrons. The Hall–Kier alpha value is -2.18. The Kier molecular flexibility index (Phi) is 5.27. The van der Waals surface area contributed by atoms with Gasteiger partial charge in [0.2, 0.25) is 0 Å². The zero-order valence-corrected chi connectivity index (χ0v) is 14.2. The molecule has 0 aliphatic carbocycles. The number of nitrogens with one attached hydrogen (secondary N) is 1. The third kappa shape index (κ3) is 3.83. The third-order valence-corrected chi connectivity index (χ3v) is 4.92. The molecule has 0 saturated carbocycles. The Morgan fingerprint density at radius 1 is 1.33 bits per heavy atom. The van der Waals surface area contributed by atoms with Crippen LogP contribution in [0.3, 0.4) is 0 Å². The number of carbonyl (C=O) groups is 2. The van der Waals surface area contributed by atoms with Gasteiger partial charge in [0, 0.05) is 17.9 Å². The van der Waals surface area contributed by atoms with Crippen molar-refractivity contribution in [1.82, 2.24) is 0 Å². The molecule has 2 heterocycles. The number of rotatable bonds is 5. The standard InChI is InChI=1S/C18H19NO4S/c1-22-18(21)14-11-13(10-12-6-3-2-4-7-12)24-17(14)19-16(20)15-8-5-9-23-15/h2-4,6-7,11,15H,5,8-10H2,1H3,(H,19,20)/t15-/m1/s1. The van der Waals surface area contributed by atoms with Crippen LogP contribution in [0, 0.1) is 0 Å². The van der Waals surface area contributed by atoms with Crippen LogP contribution in [0.15, 0.2) is 36.4 Å². The van der Waals surface area contributed by atoms with E-state index in [-0.39, 0.29) is 5.91 Å². The van der Waals surface area contributed by atoms with Gasteiger partial charge >= 0.3 is 5.97 Å². The van der Waals surface area contributed by atoms with Crippen LogP contribution in [0.4, 0.5) is 5.00 Å². The summed E-state index contributed by atoms with van der Waals surface area (Å²) in [7, 11) is 1.34. The van der Waals surface area contributed by atoms with Crippen LogP contribution in [0.2, 0.25) is 0 Å². The van der Waals surface area contributed by atoms with E-state index in [1.54, 1.807) is 6.07 Å². The number of amides is 1. The lowest BCUT2D eigenvalue weighted by atomic mass is 10.1. The highest BCUT2D eigenvalue weighted by Gasteiger charge is 2.26. The zero-order chi connectivity index (χ0) is 16.9. The van der Waals surface area contributed by atoms with E-state index >= 15 is 0 Å². The quantitative estimate of drug-likeness (QED) is 0.845. The Balaban J connectivity index is 1.80. The number of benzene rings is 1. The molecule has 1 aromatic carbocycles. The summed E-state index contributed by atoms with van der Waals surface area (Å²) in [5.74, 6) is -0.654. The number of anilines is 1. The van der Waals surface area contributed by atoms with Crippen molar-refractivity contribution in [2.45, 2.75) is 25.4 Å². The number of ether oxygens (including phenoxy) is 2. The molecular formula is C18H19NO4S. The molecule has 5 nitrogen and oxygen atoms in total. The molecule has 1 aliphatic heterocycles. The minimum atomic E-state index is -0.451. The number of hydrogen-bond donors (Lipinski definition) is 1. The normalized spacial score (nSPS) is 16.8. The third-order valence-electron chi connectivity index (χ3n) is 3.87. The van der Waals surface area contributed by atoms with Crippen LogP contribution in [-0.2, 0) is 20.7 Å². The molecule has 1 aliphatic rings. The van der Waals surface area contributed by atoms with Crippen LogP contribution in [-0.4, -0.2) is 31.7 Å². The first kappa shape index (κ1) is 16.7. The minimum Gasteiger partial charge on any atom is -0.465 e. The van der Waals surface area contributed by atoms with E-state index in [2.05, 4.69) is 5.32 Å². The second-order valence-electron chi connectivity index (χ2n) is 5.60. The first-order valence-corrected chi connectivity index (χ1v) is 8.66. The van der Waals surface area contributed by atoms with Crippen LogP contribution in [0.5, 0.6) is 0 Å². The average Bonchev–Trinajstić information content (AvgIpc) is 3.25. The molecule has 1 fully saturated rings. The molecule has 1 aromatic heterocycles. The van der Waals surface area contributed by atoms with E-state index in [0.717, 1.165) is 16.9 Å². The van der Waals surface area contributed by atoms with E-state index in [1.807, 2.05) is 30.3 Å². The van der Waals surface area contributed by atoms with Gasteiger partial charge in [-0.3, -0.25) is 4.79 Å². The molecule has 0 spiro atoms. The van der Waals surface area contributed by atoms with E-state index in [0.29, 0.717) is 30.0 Å². The summed E-state index contributed by atoms with van der Waals surface area (Å²) in [5, 5.41) is 3.35. The smallest absolute Gasteiger partial charge is 0.340 e. The highest BCUT2D eigenvalue weighted by molar-refractivity contribution is 7.16. The summed E-state index contributed by atoms with van der Waals surface area (Å²) < 4.78 is 10.2. The Morgan fingerprint density at radius 3 is 2.79 bits per heavy atom. The summed E-state index contributed by atoms with van der Waals surface area (Å²) in [4.78, 5) is 25.3. The van der Waals surface area contributed by atoms with E-state index in [9.17, 15) is 9.59 Å². The molecule has 6 heteroatoms. The van der Waals surface area contributed by atoms with Crippen molar-refractivity contribution >= 4 is 28.2 Å².